The summed E-state index contributed by atoms with van der Waals surface area (Å²) in [4.78, 5) is 17.3. The zero-order valence-electron chi connectivity index (χ0n) is 18.1. The molecule has 4 nitrogen and oxygen atoms in total. The van der Waals surface area contributed by atoms with E-state index in [2.05, 4.69) is 47.9 Å². The fourth-order valence-electron chi connectivity index (χ4n) is 3.70. The lowest BCUT2D eigenvalue weighted by molar-refractivity contribution is 0.000654. The molecule has 0 saturated carbocycles. The molecule has 1 unspecified atom stereocenters. The molecular formula is C25H33ClN2O2. The lowest BCUT2D eigenvalue weighted by Crippen LogP contribution is -2.48. The van der Waals surface area contributed by atoms with E-state index in [0.29, 0.717) is 17.4 Å². The van der Waals surface area contributed by atoms with Gasteiger partial charge >= 0.3 is 0 Å². The summed E-state index contributed by atoms with van der Waals surface area (Å²) in [6.45, 7) is 10.8. The van der Waals surface area contributed by atoms with E-state index in [4.69, 9.17) is 16.3 Å². The summed E-state index contributed by atoms with van der Waals surface area (Å²) in [6.07, 6.45) is 0.651. The van der Waals surface area contributed by atoms with Crippen LogP contribution in [0.2, 0.25) is 5.02 Å². The van der Waals surface area contributed by atoms with Crippen molar-refractivity contribution in [3.63, 3.8) is 0 Å². The van der Waals surface area contributed by atoms with Gasteiger partial charge in [0.15, 0.2) is 5.78 Å². The van der Waals surface area contributed by atoms with Crippen molar-refractivity contribution in [2.75, 3.05) is 45.9 Å². The number of ether oxygens (including phenoxy) is 1. The zero-order valence-corrected chi connectivity index (χ0v) is 18.9. The number of Topliss-reactive ketones (excluding diaryl/α,β-unsaturated/α-hetero) is 1. The third-order valence-corrected chi connectivity index (χ3v) is 5.76. The van der Waals surface area contributed by atoms with E-state index in [1.54, 1.807) is 12.1 Å². The second-order valence-electron chi connectivity index (χ2n) is 8.45. The molecule has 1 saturated heterocycles. The SMILES string of the molecule is CC(C)COC(CN1CCN(CCC(=O)c2ccc(Cl)cc2)CC1)c1ccccc1. The number of ketones is 1. The zero-order chi connectivity index (χ0) is 21.3. The molecule has 1 atom stereocenters. The number of carbonyl (C=O) groups excluding carboxylic acids is 1. The predicted octanol–water partition coefficient (Wildman–Crippen LogP) is 4.94. The van der Waals surface area contributed by atoms with Gasteiger partial charge in [0.1, 0.15) is 0 Å². The van der Waals surface area contributed by atoms with Crippen LogP contribution in [0, 0.1) is 5.92 Å². The molecule has 0 amide bonds. The van der Waals surface area contributed by atoms with E-state index in [-0.39, 0.29) is 11.9 Å². The van der Waals surface area contributed by atoms with Gasteiger partial charge in [0.2, 0.25) is 0 Å². The molecule has 1 fully saturated rings. The molecule has 162 valence electrons. The molecule has 0 bridgehead atoms. The molecule has 1 aliphatic rings. The first-order valence-corrected chi connectivity index (χ1v) is 11.3. The summed E-state index contributed by atoms with van der Waals surface area (Å²) in [5.41, 5.74) is 1.99. The molecular weight excluding hydrogens is 396 g/mol. The monoisotopic (exact) mass is 428 g/mol. The van der Waals surface area contributed by atoms with Crippen molar-refractivity contribution in [3.05, 3.63) is 70.7 Å². The number of hydrogen-bond acceptors (Lipinski definition) is 4. The smallest absolute Gasteiger partial charge is 0.164 e. The first kappa shape index (κ1) is 23.0. The summed E-state index contributed by atoms with van der Waals surface area (Å²) >= 11 is 5.91. The lowest BCUT2D eigenvalue weighted by Gasteiger charge is -2.36. The lowest BCUT2D eigenvalue weighted by atomic mass is 10.1. The first-order chi connectivity index (χ1) is 14.5. The summed E-state index contributed by atoms with van der Waals surface area (Å²) in [6, 6.07) is 17.7. The van der Waals surface area contributed by atoms with Crippen LogP contribution in [-0.4, -0.2) is 61.5 Å². The highest BCUT2D eigenvalue weighted by molar-refractivity contribution is 6.30. The Kier molecular flexibility index (Phi) is 8.88. The quantitative estimate of drug-likeness (QED) is 0.501. The van der Waals surface area contributed by atoms with Crippen molar-refractivity contribution in [2.45, 2.75) is 26.4 Å². The van der Waals surface area contributed by atoms with Crippen molar-refractivity contribution in [1.82, 2.24) is 9.80 Å². The number of benzene rings is 2. The average molecular weight is 429 g/mol. The second-order valence-corrected chi connectivity index (χ2v) is 8.89. The Labute approximate surface area is 185 Å². The van der Waals surface area contributed by atoms with Crippen molar-refractivity contribution in [1.29, 1.82) is 0 Å². The van der Waals surface area contributed by atoms with E-state index in [0.717, 1.165) is 51.4 Å². The van der Waals surface area contributed by atoms with Crippen LogP contribution in [-0.2, 0) is 4.74 Å². The topological polar surface area (TPSA) is 32.8 Å². The molecule has 30 heavy (non-hydrogen) atoms. The third kappa shape index (κ3) is 7.21. The van der Waals surface area contributed by atoms with Gasteiger partial charge in [0, 0.05) is 62.9 Å². The van der Waals surface area contributed by atoms with Gasteiger partial charge in [0.25, 0.3) is 0 Å². The maximum Gasteiger partial charge on any atom is 0.164 e. The molecule has 2 aromatic carbocycles. The van der Waals surface area contributed by atoms with Crippen LogP contribution in [0.3, 0.4) is 0 Å². The first-order valence-electron chi connectivity index (χ1n) is 10.9. The Balaban J connectivity index is 1.45. The Morgan fingerprint density at radius 3 is 2.23 bits per heavy atom. The van der Waals surface area contributed by atoms with E-state index >= 15 is 0 Å². The number of nitrogens with zero attached hydrogens (tertiary/aromatic N) is 2. The van der Waals surface area contributed by atoms with Gasteiger partial charge < -0.3 is 9.64 Å². The van der Waals surface area contributed by atoms with Crippen LogP contribution in [0.25, 0.3) is 0 Å². The molecule has 0 radical (unpaired) electrons. The minimum Gasteiger partial charge on any atom is -0.372 e. The van der Waals surface area contributed by atoms with E-state index in [1.807, 2.05) is 18.2 Å². The predicted molar refractivity (Wildman–Crippen MR) is 123 cm³/mol. The number of carbonyl (C=O) groups is 1. The Morgan fingerprint density at radius 2 is 1.60 bits per heavy atom. The van der Waals surface area contributed by atoms with Gasteiger partial charge in [-0.1, -0.05) is 55.8 Å². The minimum absolute atomic E-state index is 0.103. The van der Waals surface area contributed by atoms with Crippen molar-refractivity contribution in [3.8, 4) is 0 Å². The molecule has 0 aliphatic carbocycles. The average Bonchev–Trinajstić information content (AvgIpc) is 2.76. The van der Waals surface area contributed by atoms with Gasteiger partial charge in [-0.25, -0.2) is 0 Å². The highest BCUT2D eigenvalue weighted by Crippen LogP contribution is 2.21. The van der Waals surface area contributed by atoms with E-state index in [9.17, 15) is 4.79 Å². The van der Waals surface area contributed by atoms with Crippen LogP contribution in [0.15, 0.2) is 54.6 Å². The molecule has 0 N–H and O–H groups in total. The molecule has 5 heteroatoms. The maximum absolute atomic E-state index is 12.4. The Morgan fingerprint density at radius 1 is 0.967 bits per heavy atom. The van der Waals surface area contributed by atoms with Crippen molar-refractivity contribution >= 4 is 17.4 Å². The van der Waals surface area contributed by atoms with Crippen molar-refractivity contribution in [2.24, 2.45) is 5.92 Å². The summed E-state index contributed by atoms with van der Waals surface area (Å²) < 4.78 is 6.25. The van der Waals surface area contributed by atoms with Gasteiger partial charge in [-0.05, 0) is 35.7 Å². The molecule has 0 spiro atoms. The van der Waals surface area contributed by atoms with E-state index in [1.165, 1.54) is 5.56 Å². The Bertz CT molecular complexity index is 771. The highest BCUT2D eigenvalue weighted by Gasteiger charge is 2.22. The normalized spacial score (nSPS) is 16.7. The molecule has 1 aliphatic heterocycles. The summed E-state index contributed by atoms with van der Waals surface area (Å²) in [5.74, 6) is 0.701. The van der Waals surface area contributed by atoms with Crippen LogP contribution in [0.1, 0.15) is 42.3 Å². The van der Waals surface area contributed by atoms with Gasteiger partial charge in [-0.3, -0.25) is 9.69 Å². The molecule has 0 aromatic heterocycles. The van der Waals surface area contributed by atoms with Crippen LogP contribution in [0.4, 0.5) is 0 Å². The number of piperazine rings is 1. The third-order valence-electron chi connectivity index (χ3n) is 5.51. The summed E-state index contributed by atoms with van der Waals surface area (Å²) in [5, 5.41) is 0.661. The second kappa shape index (κ2) is 11.6. The standard InChI is InChI=1S/C25H33ClN2O2/c1-20(2)19-30-25(22-6-4-3-5-7-22)18-28-16-14-27(15-17-28)13-12-24(29)21-8-10-23(26)11-9-21/h3-11,20,25H,12-19H2,1-2H3. The fourth-order valence-corrected chi connectivity index (χ4v) is 3.83. The minimum atomic E-state index is 0.103. The largest absolute Gasteiger partial charge is 0.372 e. The molecule has 2 aromatic rings. The number of hydrogen-bond donors (Lipinski definition) is 0. The number of halogens is 1. The van der Waals surface area contributed by atoms with E-state index < -0.39 is 0 Å². The highest BCUT2D eigenvalue weighted by atomic mass is 35.5. The number of rotatable bonds is 10. The van der Waals surface area contributed by atoms with Gasteiger partial charge in [-0.15, -0.1) is 0 Å². The molecule has 3 rings (SSSR count). The van der Waals surface area contributed by atoms with Crippen LogP contribution < -0.4 is 0 Å². The van der Waals surface area contributed by atoms with Crippen LogP contribution >= 0.6 is 11.6 Å². The Hall–Kier alpha value is -1.72. The fraction of sp³-hybridized carbons (Fsp3) is 0.480. The van der Waals surface area contributed by atoms with Gasteiger partial charge in [-0.2, -0.15) is 0 Å². The maximum atomic E-state index is 12.4. The molecule has 1 heterocycles. The van der Waals surface area contributed by atoms with Gasteiger partial charge in [0.05, 0.1) is 6.10 Å². The summed E-state index contributed by atoms with van der Waals surface area (Å²) in [7, 11) is 0. The van der Waals surface area contributed by atoms with Crippen LogP contribution in [0.5, 0.6) is 0 Å². The van der Waals surface area contributed by atoms with Crippen molar-refractivity contribution < 1.29 is 9.53 Å².